The molecular formula is C10H15N3O. The van der Waals surface area contributed by atoms with Crippen LogP contribution in [0.1, 0.15) is 18.4 Å². The summed E-state index contributed by atoms with van der Waals surface area (Å²) >= 11 is 0. The molecule has 1 aromatic rings. The van der Waals surface area contributed by atoms with Gasteiger partial charge in [0.25, 0.3) is 0 Å². The van der Waals surface area contributed by atoms with Crippen molar-refractivity contribution in [2.75, 3.05) is 13.1 Å². The van der Waals surface area contributed by atoms with Crippen LogP contribution in [0.15, 0.2) is 24.5 Å². The van der Waals surface area contributed by atoms with Crippen LogP contribution in [0.3, 0.4) is 0 Å². The standard InChI is InChI=1S/C10H15N3O/c11-13-6-3-10(14,4-7-13)9-2-1-5-12-8-9/h1-2,5,8,14H,3-4,6-7,11H2. The molecular weight excluding hydrogens is 178 g/mol. The molecule has 0 spiro atoms. The van der Waals surface area contributed by atoms with Gasteiger partial charge in [-0.05, 0) is 18.9 Å². The van der Waals surface area contributed by atoms with Crippen LogP contribution in [-0.2, 0) is 5.60 Å². The van der Waals surface area contributed by atoms with Gasteiger partial charge in [0.05, 0.1) is 5.60 Å². The number of aliphatic hydroxyl groups is 1. The molecule has 0 unspecified atom stereocenters. The van der Waals surface area contributed by atoms with Crippen LogP contribution in [0.4, 0.5) is 0 Å². The normalized spacial score (nSPS) is 22.1. The van der Waals surface area contributed by atoms with E-state index in [1.807, 2.05) is 12.1 Å². The third-order valence-corrected chi connectivity index (χ3v) is 2.82. The maximum Gasteiger partial charge on any atom is 0.0936 e. The first-order valence-corrected chi connectivity index (χ1v) is 4.83. The van der Waals surface area contributed by atoms with Gasteiger partial charge in [0, 0.05) is 31.0 Å². The van der Waals surface area contributed by atoms with Gasteiger partial charge in [-0.1, -0.05) is 6.07 Å². The van der Waals surface area contributed by atoms with E-state index >= 15 is 0 Å². The number of piperidine rings is 1. The van der Waals surface area contributed by atoms with E-state index < -0.39 is 5.60 Å². The van der Waals surface area contributed by atoms with E-state index in [2.05, 4.69) is 4.98 Å². The molecule has 0 radical (unpaired) electrons. The lowest BCUT2D eigenvalue weighted by atomic mass is 9.86. The quantitative estimate of drug-likeness (QED) is 0.627. The molecule has 0 saturated carbocycles. The van der Waals surface area contributed by atoms with Crippen molar-refractivity contribution in [1.82, 2.24) is 9.99 Å². The first-order valence-electron chi connectivity index (χ1n) is 4.83. The second-order valence-electron chi connectivity index (χ2n) is 3.81. The van der Waals surface area contributed by atoms with Crippen LogP contribution in [0.5, 0.6) is 0 Å². The Morgan fingerprint density at radius 3 is 2.71 bits per heavy atom. The summed E-state index contributed by atoms with van der Waals surface area (Å²) in [4.78, 5) is 4.02. The van der Waals surface area contributed by atoms with E-state index in [0.29, 0.717) is 12.8 Å². The molecule has 1 aliphatic heterocycles. The lowest BCUT2D eigenvalue weighted by molar-refractivity contribution is -0.0264. The SMILES string of the molecule is NN1CCC(O)(c2cccnc2)CC1. The maximum absolute atomic E-state index is 10.3. The molecule has 0 bridgehead atoms. The average Bonchev–Trinajstić information content (AvgIpc) is 2.24. The topological polar surface area (TPSA) is 62.4 Å². The fraction of sp³-hybridized carbons (Fsp3) is 0.500. The highest BCUT2D eigenvalue weighted by molar-refractivity contribution is 5.18. The molecule has 4 heteroatoms. The first-order chi connectivity index (χ1) is 6.71. The predicted molar refractivity (Wildman–Crippen MR) is 53.1 cm³/mol. The summed E-state index contributed by atoms with van der Waals surface area (Å²) < 4.78 is 0. The summed E-state index contributed by atoms with van der Waals surface area (Å²) in [6.07, 6.45) is 4.79. The smallest absolute Gasteiger partial charge is 0.0936 e. The van der Waals surface area contributed by atoms with Gasteiger partial charge < -0.3 is 5.11 Å². The summed E-state index contributed by atoms with van der Waals surface area (Å²) in [5.74, 6) is 5.64. The van der Waals surface area contributed by atoms with E-state index in [1.54, 1.807) is 17.4 Å². The third-order valence-electron chi connectivity index (χ3n) is 2.82. The molecule has 1 aromatic heterocycles. The Morgan fingerprint density at radius 1 is 1.43 bits per heavy atom. The monoisotopic (exact) mass is 193 g/mol. The molecule has 0 amide bonds. The molecule has 1 fully saturated rings. The molecule has 3 N–H and O–H groups in total. The molecule has 14 heavy (non-hydrogen) atoms. The van der Waals surface area contributed by atoms with Gasteiger partial charge in [-0.3, -0.25) is 10.8 Å². The van der Waals surface area contributed by atoms with Gasteiger partial charge in [0.1, 0.15) is 0 Å². The molecule has 0 atom stereocenters. The Bertz CT molecular complexity index is 293. The number of nitrogens with zero attached hydrogens (tertiary/aromatic N) is 2. The Balaban J connectivity index is 2.17. The van der Waals surface area contributed by atoms with Crippen LogP contribution in [0, 0.1) is 0 Å². The maximum atomic E-state index is 10.3. The van der Waals surface area contributed by atoms with Crippen molar-refractivity contribution in [2.45, 2.75) is 18.4 Å². The molecule has 0 aromatic carbocycles. The summed E-state index contributed by atoms with van der Waals surface area (Å²) in [7, 11) is 0. The number of nitrogens with two attached hydrogens (primary N) is 1. The van der Waals surface area contributed by atoms with Crippen LogP contribution < -0.4 is 5.84 Å². The van der Waals surface area contributed by atoms with Gasteiger partial charge >= 0.3 is 0 Å². The fourth-order valence-corrected chi connectivity index (χ4v) is 1.82. The Morgan fingerprint density at radius 2 is 2.14 bits per heavy atom. The number of hydrazine groups is 1. The summed E-state index contributed by atoms with van der Waals surface area (Å²) in [5, 5.41) is 12.1. The highest BCUT2D eigenvalue weighted by Gasteiger charge is 2.33. The minimum Gasteiger partial charge on any atom is -0.385 e. The fourth-order valence-electron chi connectivity index (χ4n) is 1.82. The van der Waals surface area contributed by atoms with Crippen LogP contribution >= 0.6 is 0 Å². The summed E-state index contributed by atoms with van der Waals surface area (Å²) in [6.45, 7) is 1.46. The van der Waals surface area contributed by atoms with Gasteiger partial charge in [-0.25, -0.2) is 5.01 Å². The number of hydrogen-bond acceptors (Lipinski definition) is 4. The molecule has 4 nitrogen and oxygen atoms in total. The molecule has 2 rings (SSSR count). The summed E-state index contributed by atoms with van der Waals surface area (Å²) in [5.41, 5.74) is 0.164. The second-order valence-corrected chi connectivity index (χ2v) is 3.81. The molecule has 2 heterocycles. The number of pyridine rings is 1. The molecule has 0 aliphatic carbocycles. The van der Waals surface area contributed by atoms with E-state index in [-0.39, 0.29) is 0 Å². The van der Waals surface area contributed by atoms with Crippen molar-refractivity contribution in [3.63, 3.8) is 0 Å². The zero-order valence-electron chi connectivity index (χ0n) is 8.06. The van der Waals surface area contributed by atoms with Crippen molar-refractivity contribution < 1.29 is 5.11 Å². The van der Waals surface area contributed by atoms with E-state index in [9.17, 15) is 5.11 Å². The van der Waals surface area contributed by atoms with Crippen molar-refractivity contribution in [3.8, 4) is 0 Å². The lowest BCUT2D eigenvalue weighted by Gasteiger charge is -2.36. The van der Waals surface area contributed by atoms with Crippen LogP contribution in [-0.4, -0.2) is 28.2 Å². The van der Waals surface area contributed by atoms with E-state index in [0.717, 1.165) is 18.7 Å². The zero-order chi connectivity index (χ0) is 10.0. The van der Waals surface area contributed by atoms with Gasteiger partial charge in [0.15, 0.2) is 0 Å². The van der Waals surface area contributed by atoms with Gasteiger partial charge in [-0.15, -0.1) is 0 Å². The highest BCUT2D eigenvalue weighted by atomic mass is 16.3. The van der Waals surface area contributed by atoms with Crippen molar-refractivity contribution in [1.29, 1.82) is 0 Å². The van der Waals surface area contributed by atoms with Crippen molar-refractivity contribution in [2.24, 2.45) is 5.84 Å². The molecule has 76 valence electrons. The lowest BCUT2D eigenvalue weighted by Crippen LogP contribution is -2.45. The Hall–Kier alpha value is -0.970. The number of aromatic nitrogens is 1. The largest absolute Gasteiger partial charge is 0.385 e. The Labute approximate surface area is 83.3 Å². The average molecular weight is 193 g/mol. The predicted octanol–water partition coefficient (Wildman–Crippen LogP) is 0.239. The Kier molecular flexibility index (Phi) is 2.50. The first kappa shape index (κ1) is 9.58. The summed E-state index contributed by atoms with van der Waals surface area (Å²) in [6, 6.07) is 3.77. The second kappa shape index (κ2) is 3.65. The minimum absolute atomic E-state index is 0.676. The van der Waals surface area contributed by atoms with E-state index in [4.69, 9.17) is 5.84 Å². The minimum atomic E-state index is -0.732. The number of hydrogen-bond donors (Lipinski definition) is 2. The van der Waals surface area contributed by atoms with Gasteiger partial charge in [0.2, 0.25) is 0 Å². The third kappa shape index (κ3) is 1.77. The van der Waals surface area contributed by atoms with Crippen LogP contribution in [0.2, 0.25) is 0 Å². The van der Waals surface area contributed by atoms with Crippen molar-refractivity contribution in [3.05, 3.63) is 30.1 Å². The van der Waals surface area contributed by atoms with Crippen molar-refractivity contribution >= 4 is 0 Å². The molecule has 1 aliphatic rings. The van der Waals surface area contributed by atoms with Gasteiger partial charge in [-0.2, -0.15) is 0 Å². The zero-order valence-corrected chi connectivity index (χ0v) is 8.06. The van der Waals surface area contributed by atoms with Crippen LogP contribution in [0.25, 0.3) is 0 Å². The highest BCUT2D eigenvalue weighted by Crippen LogP contribution is 2.31. The number of rotatable bonds is 1. The molecule has 1 saturated heterocycles. The van der Waals surface area contributed by atoms with E-state index in [1.165, 1.54) is 0 Å².